The van der Waals surface area contributed by atoms with E-state index in [1.165, 1.54) is 12.0 Å². The summed E-state index contributed by atoms with van der Waals surface area (Å²) in [4.78, 5) is 8.83. The van der Waals surface area contributed by atoms with Crippen molar-refractivity contribution in [3.8, 4) is 0 Å². The van der Waals surface area contributed by atoms with E-state index in [4.69, 9.17) is 4.99 Å². The SMILES string of the molecule is CCNC(=NCC(C)N1CCc2sccc2C1)NC(C)C.I. The highest BCUT2D eigenvalue weighted by Gasteiger charge is 2.21. The molecular formula is C16H29IN4S. The van der Waals surface area contributed by atoms with Crippen LogP contribution in [0.25, 0.3) is 0 Å². The number of hydrogen-bond acceptors (Lipinski definition) is 3. The summed E-state index contributed by atoms with van der Waals surface area (Å²) in [6, 6.07) is 3.15. The van der Waals surface area contributed by atoms with Crippen LogP contribution in [0.4, 0.5) is 0 Å². The molecule has 1 aliphatic heterocycles. The Balaban J connectivity index is 0.00000242. The van der Waals surface area contributed by atoms with Crippen LogP contribution in [-0.2, 0) is 13.0 Å². The summed E-state index contributed by atoms with van der Waals surface area (Å²) in [6.45, 7) is 12.6. The van der Waals surface area contributed by atoms with E-state index in [0.29, 0.717) is 12.1 Å². The van der Waals surface area contributed by atoms with Crippen LogP contribution in [0.3, 0.4) is 0 Å². The summed E-state index contributed by atoms with van der Waals surface area (Å²) in [5.41, 5.74) is 1.51. The molecule has 2 rings (SSSR count). The number of halogens is 1. The minimum Gasteiger partial charge on any atom is -0.357 e. The minimum atomic E-state index is 0. The summed E-state index contributed by atoms with van der Waals surface area (Å²) >= 11 is 1.90. The number of guanidine groups is 1. The van der Waals surface area contributed by atoms with Gasteiger partial charge in [0.15, 0.2) is 5.96 Å². The van der Waals surface area contributed by atoms with Crippen LogP contribution in [0.5, 0.6) is 0 Å². The maximum atomic E-state index is 4.73. The first kappa shape index (κ1) is 19.7. The van der Waals surface area contributed by atoms with E-state index in [1.54, 1.807) is 4.88 Å². The van der Waals surface area contributed by atoms with Crippen molar-refractivity contribution in [3.63, 3.8) is 0 Å². The molecule has 1 atom stereocenters. The number of nitrogens with one attached hydrogen (secondary N) is 2. The lowest BCUT2D eigenvalue weighted by Crippen LogP contribution is -2.43. The van der Waals surface area contributed by atoms with Gasteiger partial charge in [-0.1, -0.05) is 0 Å². The van der Waals surface area contributed by atoms with Crippen molar-refractivity contribution >= 4 is 41.3 Å². The molecule has 0 radical (unpaired) electrons. The van der Waals surface area contributed by atoms with Gasteiger partial charge in [0.2, 0.25) is 0 Å². The number of fused-ring (bicyclic) bond motifs is 1. The summed E-state index contributed by atoms with van der Waals surface area (Å²) in [5, 5.41) is 8.89. The molecule has 0 saturated carbocycles. The molecule has 0 aliphatic carbocycles. The van der Waals surface area contributed by atoms with Crippen molar-refractivity contribution in [2.45, 2.75) is 52.7 Å². The van der Waals surface area contributed by atoms with Crippen molar-refractivity contribution in [2.75, 3.05) is 19.6 Å². The average Bonchev–Trinajstić information content (AvgIpc) is 2.91. The first-order chi connectivity index (χ1) is 10.1. The number of thiophene rings is 1. The first-order valence-electron chi connectivity index (χ1n) is 7.94. The van der Waals surface area contributed by atoms with E-state index >= 15 is 0 Å². The molecule has 2 heterocycles. The molecule has 1 aliphatic rings. The quantitative estimate of drug-likeness (QED) is 0.424. The second-order valence-electron chi connectivity index (χ2n) is 5.96. The summed E-state index contributed by atoms with van der Waals surface area (Å²) < 4.78 is 0. The maximum Gasteiger partial charge on any atom is 0.191 e. The number of hydrogen-bond donors (Lipinski definition) is 2. The molecule has 6 heteroatoms. The molecule has 0 fully saturated rings. The third-order valence-corrected chi connectivity index (χ3v) is 4.77. The van der Waals surface area contributed by atoms with Gasteiger partial charge in [-0.05, 0) is 51.1 Å². The Kier molecular flexibility index (Phi) is 8.71. The third-order valence-electron chi connectivity index (χ3n) is 3.74. The van der Waals surface area contributed by atoms with Gasteiger partial charge in [-0.25, -0.2) is 0 Å². The van der Waals surface area contributed by atoms with Gasteiger partial charge >= 0.3 is 0 Å². The van der Waals surface area contributed by atoms with Crippen molar-refractivity contribution in [1.29, 1.82) is 0 Å². The second kappa shape index (κ2) is 9.72. The third kappa shape index (κ3) is 5.70. The van der Waals surface area contributed by atoms with Crippen LogP contribution in [0.1, 0.15) is 38.1 Å². The zero-order valence-electron chi connectivity index (χ0n) is 14.1. The van der Waals surface area contributed by atoms with Gasteiger partial charge in [0.1, 0.15) is 0 Å². The zero-order valence-corrected chi connectivity index (χ0v) is 17.2. The fourth-order valence-corrected chi connectivity index (χ4v) is 3.47. The summed E-state index contributed by atoms with van der Waals surface area (Å²) in [7, 11) is 0. The number of aliphatic imine (C=N–C) groups is 1. The van der Waals surface area contributed by atoms with E-state index in [0.717, 1.165) is 32.1 Å². The Labute approximate surface area is 155 Å². The first-order valence-corrected chi connectivity index (χ1v) is 8.82. The van der Waals surface area contributed by atoms with E-state index in [1.807, 2.05) is 11.3 Å². The zero-order chi connectivity index (χ0) is 15.2. The van der Waals surface area contributed by atoms with E-state index in [2.05, 4.69) is 54.7 Å². The van der Waals surface area contributed by atoms with Gasteiger partial charge in [-0.2, -0.15) is 0 Å². The molecule has 0 saturated heterocycles. The smallest absolute Gasteiger partial charge is 0.191 e. The molecule has 0 spiro atoms. The summed E-state index contributed by atoms with van der Waals surface area (Å²) in [6.07, 6.45) is 1.19. The fraction of sp³-hybridized carbons (Fsp3) is 0.688. The molecule has 0 bridgehead atoms. The Morgan fingerprint density at radius 2 is 2.18 bits per heavy atom. The molecule has 1 unspecified atom stereocenters. The highest BCUT2D eigenvalue weighted by Crippen LogP contribution is 2.25. The lowest BCUT2D eigenvalue weighted by Gasteiger charge is -2.31. The molecule has 0 aromatic carbocycles. The fourth-order valence-electron chi connectivity index (χ4n) is 2.58. The molecule has 126 valence electrons. The van der Waals surface area contributed by atoms with Crippen LogP contribution >= 0.6 is 35.3 Å². The lowest BCUT2D eigenvalue weighted by molar-refractivity contribution is 0.197. The van der Waals surface area contributed by atoms with Crippen molar-refractivity contribution < 1.29 is 0 Å². The van der Waals surface area contributed by atoms with Crippen LogP contribution in [0.2, 0.25) is 0 Å². The van der Waals surface area contributed by atoms with Gasteiger partial charge in [-0.15, -0.1) is 35.3 Å². The number of nitrogens with zero attached hydrogens (tertiary/aromatic N) is 2. The Morgan fingerprint density at radius 3 is 2.86 bits per heavy atom. The summed E-state index contributed by atoms with van der Waals surface area (Å²) in [5.74, 6) is 0.924. The Hall–Kier alpha value is -0.340. The average molecular weight is 436 g/mol. The van der Waals surface area contributed by atoms with Gasteiger partial charge < -0.3 is 10.6 Å². The monoisotopic (exact) mass is 436 g/mol. The predicted octanol–water partition coefficient (Wildman–Crippen LogP) is 3.08. The Bertz CT molecular complexity index is 472. The number of rotatable bonds is 5. The second-order valence-corrected chi connectivity index (χ2v) is 6.96. The highest BCUT2D eigenvalue weighted by atomic mass is 127. The van der Waals surface area contributed by atoms with Crippen LogP contribution in [0, 0.1) is 0 Å². The van der Waals surface area contributed by atoms with E-state index in [9.17, 15) is 0 Å². The normalized spacial score (nSPS) is 16.9. The molecule has 1 aromatic heterocycles. The van der Waals surface area contributed by atoms with Crippen LogP contribution in [0.15, 0.2) is 16.4 Å². The van der Waals surface area contributed by atoms with Crippen molar-refractivity contribution in [1.82, 2.24) is 15.5 Å². The maximum absolute atomic E-state index is 4.73. The van der Waals surface area contributed by atoms with Gasteiger partial charge in [0.05, 0.1) is 6.54 Å². The van der Waals surface area contributed by atoms with Crippen LogP contribution < -0.4 is 10.6 Å². The standard InChI is InChI=1S/C16H28N4S.HI/c1-5-17-16(19-12(2)3)18-10-13(4)20-8-6-15-14(11-20)7-9-21-15;/h7,9,12-13H,5-6,8,10-11H2,1-4H3,(H2,17,18,19);1H. The molecule has 0 amide bonds. The van der Waals surface area contributed by atoms with Gasteiger partial charge in [0.25, 0.3) is 0 Å². The largest absolute Gasteiger partial charge is 0.357 e. The van der Waals surface area contributed by atoms with Gasteiger partial charge in [0, 0.05) is 36.6 Å². The Morgan fingerprint density at radius 1 is 1.41 bits per heavy atom. The lowest BCUT2D eigenvalue weighted by atomic mass is 10.1. The molecular weight excluding hydrogens is 407 g/mol. The molecule has 1 aromatic rings. The molecule has 2 N–H and O–H groups in total. The van der Waals surface area contributed by atoms with Crippen LogP contribution in [-0.4, -0.2) is 42.6 Å². The molecule has 4 nitrogen and oxygen atoms in total. The van der Waals surface area contributed by atoms with Crippen molar-refractivity contribution in [3.05, 3.63) is 21.9 Å². The highest BCUT2D eigenvalue weighted by molar-refractivity contribution is 14.0. The van der Waals surface area contributed by atoms with E-state index < -0.39 is 0 Å². The van der Waals surface area contributed by atoms with Crippen molar-refractivity contribution in [2.24, 2.45) is 4.99 Å². The topological polar surface area (TPSA) is 39.7 Å². The van der Waals surface area contributed by atoms with E-state index in [-0.39, 0.29) is 24.0 Å². The minimum absolute atomic E-state index is 0. The molecule has 22 heavy (non-hydrogen) atoms. The predicted molar refractivity (Wildman–Crippen MR) is 108 cm³/mol. The van der Waals surface area contributed by atoms with Gasteiger partial charge in [-0.3, -0.25) is 9.89 Å².